The molecule has 0 spiro atoms. The van der Waals surface area contributed by atoms with Crippen molar-refractivity contribution in [2.45, 2.75) is 32.1 Å². The highest BCUT2D eigenvalue weighted by Gasteiger charge is 2.25. The van der Waals surface area contributed by atoms with Crippen LogP contribution < -0.4 is 0 Å². The predicted octanol–water partition coefficient (Wildman–Crippen LogP) is 1.25. The molecule has 0 aromatic heterocycles. The van der Waals surface area contributed by atoms with E-state index in [0.717, 1.165) is 19.6 Å². The molecule has 2 rings (SSSR count). The number of aliphatic hydroxyl groups is 2. The van der Waals surface area contributed by atoms with Crippen LogP contribution in [0.3, 0.4) is 0 Å². The molecule has 0 amide bonds. The van der Waals surface area contributed by atoms with E-state index in [1.54, 1.807) is 19.1 Å². The van der Waals surface area contributed by atoms with Gasteiger partial charge >= 0.3 is 0 Å². The number of hydrogen-bond acceptors (Lipinski definition) is 4. The number of halogens is 1. The fourth-order valence-corrected chi connectivity index (χ4v) is 2.91. The lowest BCUT2D eigenvalue weighted by atomic mass is 10.1. The maximum absolute atomic E-state index is 13.2. The Morgan fingerprint density at radius 2 is 2.05 bits per heavy atom. The summed E-state index contributed by atoms with van der Waals surface area (Å²) in [6.07, 6.45) is -0.993. The zero-order chi connectivity index (χ0) is 15.4. The zero-order valence-corrected chi connectivity index (χ0v) is 12.7. The largest absolute Gasteiger partial charge is 0.392 e. The van der Waals surface area contributed by atoms with Crippen molar-refractivity contribution in [1.82, 2.24) is 9.80 Å². The van der Waals surface area contributed by atoms with E-state index in [1.165, 1.54) is 12.1 Å². The van der Waals surface area contributed by atoms with E-state index in [1.807, 2.05) is 0 Å². The van der Waals surface area contributed by atoms with Gasteiger partial charge in [-0.3, -0.25) is 9.80 Å². The Morgan fingerprint density at radius 1 is 1.29 bits per heavy atom. The van der Waals surface area contributed by atoms with Gasteiger partial charge in [-0.25, -0.2) is 4.39 Å². The third-order valence-corrected chi connectivity index (χ3v) is 4.01. The van der Waals surface area contributed by atoms with Gasteiger partial charge in [0.1, 0.15) is 5.82 Å². The Hall–Kier alpha value is -1.01. The number of nitrogens with zero attached hydrogens (tertiary/aromatic N) is 2. The molecule has 1 aliphatic rings. The van der Waals surface area contributed by atoms with Crippen LogP contribution in [0.25, 0.3) is 0 Å². The first-order valence-corrected chi connectivity index (χ1v) is 7.53. The summed E-state index contributed by atoms with van der Waals surface area (Å²) in [6, 6.07) is 6.48. The Morgan fingerprint density at radius 3 is 2.67 bits per heavy atom. The third-order valence-electron chi connectivity index (χ3n) is 4.01. The van der Waals surface area contributed by atoms with Crippen molar-refractivity contribution in [3.05, 3.63) is 35.6 Å². The topological polar surface area (TPSA) is 46.9 Å². The fraction of sp³-hybridized carbons (Fsp3) is 0.625. The maximum Gasteiger partial charge on any atom is 0.123 e. The SMILES string of the molecule is C[C@H](O)CN1CCN(C[C@@H](O)c2cccc(F)c2)C[C@@H]1C. The molecule has 0 bridgehead atoms. The van der Waals surface area contributed by atoms with Crippen molar-refractivity contribution in [2.24, 2.45) is 0 Å². The lowest BCUT2D eigenvalue weighted by molar-refractivity contribution is 0.0240. The fourth-order valence-electron chi connectivity index (χ4n) is 2.91. The van der Waals surface area contributed by atoms with Crippen LogP contribution in [0.2, 0.25) is 0 Å². The van der Waals surface area contributed by atoms with Crippen molar-refractivity contribution in [3.63, 3.8) is 0 Å². The second-order valence-electron chi connectivity index (χ2n) is 6.02. The van der Waals surface area contributed by atoms with E-state index < -0.39 is 6.10 Å². The Bertz CT molecular complexity index is 456. The average molecular weight is 296 g/mol. The molecule has 1 aliphatic heterocycles. The summed E-state index contributed by atoms with van der Waals surface area (Å²) in [5.74, 6) is -0.318. The van der Waals surface area contributed by atoms with E-state index in [4.69, 9.17) is 0 Å². The smallest absolute Gasteiger partial charge is 0.123 e. The molecular weight excluding hydrogens is 271 g/mol. The van der Waals surface area contributed by atoms with Crippen LogP contribution in [0.1, 0.15) is 25.5 Å². The van der Waals surface area contributed by atoms with Crippen molar-refractivity contribution in [1.29, 1.82) is 0 Å². The summed E-state index contributed by atoms with van der Waals surface area (Å²) < 4.78 is 13.2. The minimum absolute atomic E-state index is 0.318. The third kappa shape index (κ3) is 4.74. The van der Waals surface area contributed by atoms with E-state index in [0.29, 0.717) is 24.7 Å². The van der Waals surface area contributed by atoms with Crippen LogP contribution in [0, 0.1) is 5.82 Å². The molecule has 0 saturated carbocycles. The highest BCUT2D eigenvalue weighted by Crippen LogP contribution is 2.18. The molecule has 5 heteroatoms. The Balaban J connectivity index is 1.87. The molecule has 4 nitrogen and oxygen atoms in total. The molecule has 0 unspecified atom stereocenters. The van der Waals surface area contributed by atoms with E-state index >= 15 is 0 Å². The van der Waals surface area contributed by atoms with Crippen molar-refractivity contribution >= 4 is 0 Å². The summed E-state index contributed by atoms with van der Waals surface area (Å²) in [5, 5.41) is 19.7. The zero-order valence-electron chi connectivity index (χ0n) is 12.7. The molecule has 118 valence electrons. The van der Waals surface area contributed by atoms with Crippen molar-refractivity contribution in [3.8, 4) is 0 Å². The number of hydrogen-bond donors (Lipinski definition) is 2. The molecule has 21 heavy (non-hydrogen) atoms. The lowest BCUT2D eigenvalue weighted by Gasteiger charge is -2.41. The van der Waals surface area contributed by atoms with Gasteiger partial charge in [0.15, 0.2) is 0 Å². The van der Waals surface area contributed by atoms with Crippen molar-refractivity contribution < 1.29 is 14.6 Å². The highest BCUT2D eigenvalue weighted by molar-refractivity contribution is 5.19. The van der Waals surface area contributed by atoms with Crippen LogP contribution in [0.4, 0.5) is 4.39 Å². The van der Waals surface area contributed by atoms with Crippen LogP contribution in [0.15, 0.2) is 24.3 Å². The normalized spacial score (nSPS) is 24.0. The monoisotopic (exact) mass is 296 g/mol. The first-order valence-electron chi connectivity index (χ1n) is 7.53. The second-order valence-corrected chi connectivity index (χ2v) is 6.02. The maximum atomic E-state index is 13.2. The van der Waals surface area contributed by atoms with Gasteiger partial charge in [-0.1, -0.05) is 12.1 Å². The number of aliphatic hydroxyl groups excluding tert-OH is 2. The van der Waals surface area contributed by atoms with E-state index in [2.05, 4.69) is 16.7 Å². The van der Waals surface area contributed by atoms with Crippen LogP contribution in [-0.4, -0.2) is 64.9 Å². The highest BCUT2D eigenvalue weighted by atomic mass is 19.1. The summed E-state index contributed by atoms with van der Waals surface area (Å²) in [5.41, 5.74) is 0.620. The summed E-state index contributed by atoms with van der Waals surface area (Å²) in [7, 11) is 0. The molecule has 1 fully saturated rings. The van der Waals surface area contributed by atoms with Crippen molar-refractivity contribution in [2.75, 3.05) is 32.7 Å². The Kier molecular flexibility index (Phi) is 5.70. The molecule has 1 aromatic carbocycles. The van der Waals surface area contributed by atoms with E-state index in [-0.39, 0.29) is 11.9 Å². The number of benzene rings is 1. The van der Waals surface area contributed by atoms with Gasteiger partial charge in [-0.2, -0.15) is 0 Å². The molecule has 0 radical (unpaired) electrons. The lowest BCUT2D eigenvalue weighted by Crippen LogP contribution is -2.54. The molecule has 1 aromatic rings. The molecule has 1 heterocycles. The number of β-amino-alcohol motifs (C(OH)–C–C–N with tert-alkyl or cyclic N) is 2. The van der Waals surface area contributed by atoms with Crippen LogP contribution in [-0.2, 0) is 0 Å². The van der Waals surface area contributed by atoms with Gasteiger partial charge < -0.3 is 10.2 Å². The van der Waals surface area contributed by atoms with Gasteiger partial charge in [-0.15, -0.1) is 0 Å². The van der Waals surface area contributed by atoms with Gasteiger partial charge in [0.25, 0.3) is 0 Å². The molecule has 3 atom stereocenters. The van der Waals surface area contributed by atoms with Gasteiger partial charge in [-0.05, 0) is 31.5 Å². The standard InChI is InChI=1S/C16H25FN2O2/c1-12-9-18(6-7-19(12)10-13(2)20)11-16(21)14-4-3-5-15(17)8-14/h3-5,8,12-13,16,20-21H,6-7,9-11H2,1-2H3/t12-,13-,16+/m0/s1. The van der Waals surface area contributed by atoms with E-state index in [9.17, 15) is 14.6 Å². The Labute approximate surface area is 125 Å². The average Bonchev–Trinajstić information content (AvgIpc) is 2.41. The molecule has 2 N–H and O–H groups in total. The summed E-state index contributed by atoms with van der Waals surface area (Å²) in [4.78, 5) is 4.45. The molecule has 1 saturated heterocycles. The quantitative estimate of drug-likeness (QED) is 0.858. The minimum Gasteiger partial charge on any atom is -0.392 e. The van der Waals surface area contributed by atoms with Gasteiger partial charge in [0.2, 0.25) is 0 Å². The van der Waals surface area contributed by atoms with Crippen LogP contribution in [0.5, 0.6) is 0 Å². The second kappa shape index (κ2) is 7.31. The summed E-state index contributed by atoms with van der Waals surface area (Å²) >= 11 is 0. The predicted molar refractivity (Wildman–Crippen MR) is 80.5 cm³/mol. The molecule has 0 aliphatic carbocycles. The summed E-state index contributed by atoms with van der Waals surface area (Å²) in [6.45, 7) is 7.69. The minimum atomic E-state index is -0.670. The first kappa shape index (κ1) is 16.4. The number of rotatable bonds is 5. The molecular formula is C16H25FN2O2. The van der Waals surface area contributed by atoms with Gasteiger partial charge in [0, 0.05) is 38.8 Å². The number of piperazine rings is 1. The van der Waals surface area contributed by atoms with Crippen LogP contribution >= 0.6 is 0 Å². The van der Waals surface area contributed by atoms with Gasteiger partial charge in [0.05, 0.1) is 12.2 Å². The first-order chi connectivity index (χ1) is 9.95.